The van der Waals surface area contributed by atoms with E-state index in [4.69, 9.17) is 0 Å². The summed E-state index contributed by atoms with van der Waals surface area (Å²) in [5.74, 6) is 0.693. The standard InChI is InChI=1S/C16H17N5O2S2/c1-24-8-13-20-11(7-14(22)21-13)16(23)17-5-4-10-15(19-9-18-10)12-3-2-6-25-12/h2-3,6-7,9H,4-5,8H2,1H3,(H,17,23)(H,18,19)(H,20,21,22). The molecule has 3 rings (SSSR count). The van der Waals surface area contributed by atoms with Crippen LogP contribution in [0, 0.1) is 0 Å². The fourth-order valence-electron chi connectivity index (χ4n) is 2.36. The zero-order valence-corrected chi connectivity index (χ0v) is 15.2. The lowest BCUT2D eigenvalue weighted by molar-refractivity contribution is 0.0948. The lowest BCUT2D eigenvalue weighted by Gasteiger charge is -2.06. The Morgan fingerprint density at radius 1 is 1.44 bits per heavy atom. The Kier molecular flexibility index (Phi) is 5.67. The number of carbonyl (C=O) groups excluding carboxylic acids is 1. The van der Waals surface area contributed by atoms with Crippen LogP contribution in [0.1, 0.15) is 22.0 Å². The Labute approximate surface area is 152 Å². The number of hydrogen-bond donors (Lipinski definition) is 3. The average Bonchev–Trinajstić information content (AvgIpc) is 3.25. The van der Waals surface area contributed by atoms with E-state index in [1.165, 1.54) is 17.8 Å². The van der Waals surface area contributed by atoms with E-state index in [0.717, 1.165) is 16.3 Å². The molecule has 0 aliphatic rings. The molecule has 3 aromatic heterocycles. The number of carbonyl (C=O) groups is 1. The number of nitrogens with one attached hydrogen (secondary N) is 3. The van der Waals surface area contributed by atoms with Crippen LogP contribution in [0.15, 0.2) is 34.7 Å². The second-order valence-corrected chi connectivity index (χ2v) is 7.04. The van der Waals surface area contributed by atoms with Crippen molar-refractivity contribution in [3.8, 4) is 10.6 Å². The third-order valence-electron chi connectivity index (χ3n) is 3.44. The minimum atomic E-state index is -0.356. The number of thioether (sulfide) groups is 1. The van der Waals surface area contributed by atoms with Crippen molar-refractivity contribution in [3.63, 3.8) is 0 Å². The van der Waals surface area contributed by atoms with Gasteiger partial charge in [0.2, 0.25) is 0 Å². The van der Waals surface area contributed by atoms with Gasteiger partial charge >= 0.3 is 0 Å². The van der Waals surface area contributed by atoms with E-state index in [-0.39, 0.29) is 17.2 Å². The fourth-order valence-corrected chi connectivity index (χ4v) is 3.52. The van der Waals surface area contributed by atoms with Gasteiger partial charge in [0, 0.05) is 24.7 Å². The Hall–Kier alpha value is -2.39. The predicted octanol–water partition coefficient (Wildman–Crippen LogP) is 2.06. The molecule has 1 amide bonds. The summed E-state index contributed by atoms with van der Waals surface area (Å²) in [6.45, 7) is 0.422. The SMILES string of the molecule is CSCc1nc(C(=O)NCCc2[nH]cnc2-c2cccs2)cc(=O)[nH]1. The molecule has 7 nitrogen and oxygen atoms in total. The Balaban J connectivity index is 1.62. The van der Waals surface area contributed by atoms with Crippen LogP contribution in [0.4, 0.5) is 0 Å². The lowest BCUT2D eigenvalue weighted by Crippen LogP contribution is -2.28. The number of nitrogens with zero attached hydrogens (tertiary/aromatic N) is 2. The third kappa shape index (κ3) is 4.37. The molecule has 0 unspecified atom stereocenters. The van der Waals surface area contributed by atoms with Gasteiger partial charge < -0.3 is 15.3 Å². The molecule has 0 aromatic carbocycles. The van der Waals surface area contributed by atoms with E-state index >= 15 is 0 Å². The van der Waals surface area contributed by atoms with Gasteiger partial charge in [-0.05, 0) is 17.7 Å². The van der Waals surface area contributed by atoms with Crippen LogP contribution in [-0.4, -0.2) is 38.6 Å². The molecule has 130 valence electrons. The van der Waals surface area contributed by atoms with Gasteiger partial charge in [-0.15, -0.1) is 11.3 Å². The molecule has 0 bridgehead atoms. The van der Waals surface area contributed by atoms with Crippen molar-refractivity contribution in [2.75, 3.05) is 12.8 Å². The lowest BCUT2D eigenvalue weighted by atomic mass is 10.2. The number of imidazole rings is 1. The van der Waals surface area contributed by atoms with Crippen molar-refractivity contribution in [1.82, 2.24) is 25.3 Å². The summed E-state index contributed by atoms with van der Waals surface area (Å²) >= 11 is 3.14. The molecule has 9 heteroatoms. The molecule has 0 aliphatic carbocycles. The maximum atomic E-state index is 12.2. The minimum Gasteiger partial charge on any atom is -0.350 e. The molecular formula is C16H17N5O2S2. The minimum absolute atomic E-state index is 0.135. The summed E-state index contributed by atoms with van der Waals surface area (Å²) in [6, 6.07) is 5.20. The molecule has 0 fully saturated rings. The van der Waals surface area contributed by atoms with Crippen LogP contribution < -0.4 is 10.9 Å². The molecule has 25 heavy (non-hydrogen) atoms. The highest BCUT2D eigenvalue weighted by atomic mass is 32.2. The van der Waals surface area contributed by atoms with Gasteiger partial charge in [-0.1, -0.05) is 6.07 Å². The Morgan fingerprint density at radius 3 is 3.08 bits per heavy atom. The quantitative estimate of drug-likeness (QED) is 0.586. The molecular weight excluding hydrogens is 358 g/mol. The van der Waals surface area contributed by atoms with E-state index in [1.807, 2.05) is 23.8 Å². The zero-order chi connectivity index (χ0) is 17.6. The van der Waals surface area contributed by atoms with Gasteiger partial charge in [0.15, 0.2) is 0 Å². The summed E-state index contributed by atoms with van der Waals surface area (Å²) < 4.78 is 0. The van der Waals surface area contributed by atoms with Crippen LogP contribution >= 0.6 is 23.1 Å². The first-order valence-electron chi connectivity index (χ1n) is 7.61. The van der Waals surface area contributed by atoms with Crippen LogP contribution in [0.5, 0.6) is 0 Å². The van der Waals surface area contributed by atoms with Gasteiger partial charge in [0.1, 0.15) is 17.2 Å². The van der Waals surface area contributed by atoms with E-state index in [2.05, 4.69) is 25.3 Å². The highest BCUT2D eigenvalue weighted by Crippen LogP contribution is 2.25. The van der Waals surface area contributed by atoms with Crippen LogP contribution in [0.2, 0.25) is 0 Å². The molecule has 3 N–H and O–H groups in total. The zero-order valence-electron chi connectivity index (χ0n) is 13.5. The Morgan fingerprint density at radius 2 is 2.32 bits per heavy atom. The van der Waals surface area contributed by atoms with Gasteiger partial charge in [0.05, 0.1) is 17.0 Å². The van der Waals surface area contributed by atoms with Crippen LogP contribution in [0.25, 0.3) is 10.6 Å². The second-order valence-electron chi connectivity index (χ2n) is 5.22. The second kappa shape index (κ2) is 8.13. The number of rotatable bonds is 7. The first-order chi connectivity index (χ1) is 12.2. The summed E-state index contributed by atoms with van der Waals surface area (Å²) in [5, 5.41) is 4.80. The molecule has 0 radical (unpaired) electrons. The number of amides is 1. The van der Waals surface area contributed by atoms with E-state index in [9.17, 15) is 9.59 Å². The van der Waals surface area contributed by atoms with E-state index < -0.39 is 0 Å². The molecule has 0 atom stereocenters. The maximum absolute atomic E-state index is 12.2. The van der Waals surface area contributed by atoms with Crippen LogP contribution in [0.3, 0.4) is 0 Å². The van der Waals surface area contributed by atoms with Crippen molar-refractivity contribution in [1.29, 1.82) is 0 Å². The molecule has 0 spiro atoms. The number of aromatic nitrogens is 4. The maximum Gasteiger partial charge on any atom is 0.270 e. The highest BCUT2D eigenvalue weighted by Gasteiger charge is 2.12. The molecule has 0 saturated heterocycles. The molecule has 3 heterocycles. The predicted molar refractivity (Wildman–Crippen MR) is 100 cm³/mol. The Bertz CT molecular complexity index is 901. The smallest absolute Gasteiger partial charge is 0.270 e. The van der Waals surface area contributed by atoms with Crippen molar-refractivity contribution >= 4 is 29.0 Å². The molecule has 0 saturated carbocycles. The summed E-state index contributed by atoms with van der Waals surface area (Å²) in [5.41, 5.74) is 1.68. The number of hydrogen-bond acceptors (Lipinski definition) is 6. The van der Waals surface area contributed by atoms with Crippen LogP contribution in [-0.2, 0) is 12.2 Å². The van der Waals surface area contributed by atoms with Crippen molar-refractivity contribution in [2.24, 2.45) is 0 Å². The normalized spacial score (nSPS) is 10.8. The first-order valence-corrected chi connectivity index (χ1v) is 9.88. The number of thiophene rings is 1. The van der Waals surface area contributed by atoms with Gasteiger partial charge in [0.25, 0.3) is 11.5 Å². The fraction of sp³-hybridized carbons (Fsp3) is 0.250. The monoisotopic (exact) mass is 375 g/mol. The number of H-pyrrole nitrogens is 2. The topological polar surface area (TPSA) is 104 Å². The molecule has 0 aliphatic heterocycles. The number of aromatic amines is 2. The largest absolute Gasteiger partial charge is 0.350 e. The van der Waals surface area contributed by atoms with Crippen molar-refractivity contribution in [3.05, 3.63) is 57.5 Å². The van der Waals surface area contributed by atoms with Crippen molar-refractivity contribution < 1.29 is 4.79 Å². The van der Waals surface area contributed by atoms with E-state index in [0.29, 0.717) is 24.5 Å². The van der Waals surface area contributed by atoms with Gasteiger partial charge in [-0.3, -0.25) is 9.59 Å². The summed E-state index contributed by atoms with van der Waals surface area (Å²) in [4.78, 5) is 39.2. The van der Waals surface area contributed by atoms with Gasteiger partial charge in [-0.2, -0.15) is 11.8 Å². The van der Waals surface area contributed by atoms with Crippen molar-refractivity contribution in [2.45, 2.75) is 12.2 Å². The van der Waals surface area contributed by atoms with Gasteiger partial charge in [-0.25, -0.2) is 9.97 Å². The third-order valence-corrected chi connectivity index (χ3v) is 4.88. The summed E-state index contributed by atoms with van der Waals surface area (Å²) in [7, 11) is 0. The average molecular weight is 375 g/mol. The van der Waals surface area contributed by atoms with E-state index in [1.54, 1.807) is 17.7 Å². The molecule has 3 aromatic rings. The summed E-state index contributed by atoms with van der Waals surface area (Å²) in [6.07, 6.45) is 4.17. The first kappa shape index (κ1) is 17.4. The highest BCUT2D eigenvalue weighted by molar-refractivity contribution is 7.97.